The van der Waals surface area contributed by atoms with E-state index in [1.807, 2.05) is 0 Å². The monoisotopic (exact) mass is 246 g/mol. The van der Waals surface area contributed by atoms with Gasteiger partial charge in [0, 0.05) is 0 Å². The lowest BCUT2D eigenvalue weighted by atomic mass is 10.1. The Morgan fingerprint density at radius 1 is 1.11 bits per heavy atom. The number of amides is 2. The first kappa shape index (κ1) is 12.4. The normalized spacial score (nSPS) is 14.3. The van der Waals surface area contributed by atoms with Crippen molar-refractivity contribution in [3.8, 4) is 0 Å². The number of likely N-dealkylation sites (N-methyl/N-ethyl adjacent to an activating group) is 1. The molecule has 94 valence electrons. The minimum absolute atomic E-state index is 0.158. The number of nitrogens with zero attached hydrogens (tertiary/aromatic N) is 2. The largest absolute Gasteiger partial charge is 0.302 e. The van der Waals surface area contributed by atoms with Gasteiger partial charge in [0.2, 0.25) is 0 Å². The first-order chi connectivity index (χ1) is 8.50. The Hall–Kier alpha value is -2.01. The molecule has 0 aromatic heterocycles. The van der Waals surface area contributed by atoms with Gasteiger partial charge in [0.25, 0.3) is 11.8 Å². The summed E-state index contributed by atoms with van der Waals surface area (Å²) in [5, 5.41) is 0. The Labute approximate surface area is 105 Å². The van der Waals surface area contributed by atoms with Crippen molar-refractivity contribution in [3.05, 3.63) is 35.4 Å². The molecule has 2 amide bonds. The van der Waals surface area contributed by atoms with Gasteiger partial charge in [-0.1, -0.05) is 12.1 Å². The molecule has 0 atom stereocenters. The quantitative estimate of drug-likeness (QED) is 0.722. The molecule has 0 spiro atoms. The van der Waals surface area contributed by atoms with E-state index < -0.39 is 0 Å². The van der Waals surface area contributed by atoms with E-state index in [4.69, 9.17) is 0 Å². The number of benzene rings is 1. The van der Waals surface area contributed by atoms with Crippen LogP contribution in [0, 0.1) is 0 Å². The molecule has 5 heteroatoms. The number of ketones is 1. The number of imide groups is 1. The maximum atomic E-state index is 12.0. The summed E-state index contributed by atoms with van der Waals surface area (Å²) in [5.74, 6) is -0.931. The molecule has 1 aliphatic rings. The topological polar surface area (TPSA) is 57.7 Å². The molecule has 0 fully saturated rings. The van der Waals surface area contributed by atoms with Crippen molar-refractivity contribution in [3.63, 3.8) is 0 Å². The number of fused-ring (bicyclic) bond motifs is 1. The highest BCUT2D eigenvalue weighted by molar-refractivity contribution is 6.22. The van der Waals surface area contributed by atoms with Crippen molar-refractivity contribution in [1.82, 2.24) is 9.80 Å². The number of Topliss-reactive ketones (excluding diaryl/α,β-unsaturated/α-hetero) is 1. The van der Waals surface area contributed by atoms with E-state index in [2.05, 4.69) is 0 Å². The molecule has 1 aliphatic heterocycles. The maximum Gasteiger partial charge on any atom is 0.261 e. The molecule has 0 bridgehead atoms. The van der Waals surface area contributed by atoms with Crippen LogP contribution in [0.2, 0.25) is 0 Å². The van der Waals surface area contributed by atoms with E-state index in [-0.39, 0.29) is 30.7 Å². The molecule has 0 aliphatic carbocycles. The first-order valence-electron chi connectivity index (χ1n) is 5.62. The van der Waals surface area contributed by atoms with Gasteiger partial charge in [0.1, 0.15) is 0 Å². The summed E-state index contributed by atoms with van der Waals surface area (Å²) in [6.07, 6.45) is 0. The molecule has 1 aromatic rings. The third kappa shape index (κ3) is 2.17. The van der Waals surface area contributed by atoms with Crippen molar-refractivity contribution in [2.24, 2.45) is 0 Å². The van der Waals surface area contributed by atoms with Crippen molar-refractivity contribution in [2.45, 2.75) is 0 Å². The first-order valence-corrected chi connectivity index (χ1v) is 5.62. The highest BCUT2D eigenvalue weighted by atomic mass is 16.2. The minimum Gasteiger partial charge on any atom is -0.302 e. The van der Waals surface area contributed by atoms with E-state index in [0.717, 1.165) is 4.90 Å². The van der Waals surface area contributed by atoms with E-state index >= 15 is 0 Å². The van der Waals surface area contributed by atoms with Crippen molar-refractivity contribution in [2.75, 3.05) is 27.2 Å². The number of carbonyl (C=O) groups is 3. The van der Waals surface area contributed by atoms with Gasteiger partial charge in [-0.05, 0) is 26.2 Å². The Morgan fingerprint density at radius 2 is 1.61 bits per heavy atom. The molecule has 1 heterocycles. The van der Waals surface area contributed by atoms with Crippen LogP contribution in [0.4, 0.5) is 0 Å². The Kier molecular flexibility index (Phi) is 3.25. The van der Waals surface area contributed by atoms with E-state index in [0.29, 0.717) is 11.1 Å². The molecule has 0 saturated carbocycles. The van der Waals surface area contributed by atoms with E-state index in [9.17, 15) is 14.4 Å². The zero-order valence-corrected chi connectivity index (χ0v) is 10.3. The van der Waals surface area contributed by atoms with Gasteiger partial charge in [0.05, 0.1) is 24.2 Å². The highest BCUT2D eigenvalue weighted by Gasteiger charge is 2.35. The van der Waals surface area contributed by atoms with Crippen LogP contribution in [0.25, 0.3) is 0 Å². The van der Waals surface area contributed by atoms with Gasteiger partial charge in [-0.3, -0.25) is 19.3 Å². The Morgan fingerprint density at radius 3 is 2.06 bits per heavy atom. The zero-order chi connectivity index (χ0) is 13.3. The average Bonchev–Trinajstić information content (AvgIpc) is 2.54. The van der Waals surface area contributed by atoms with Crippen LogP contribution < -0.4 is 0 Å². The average molecular weight is 246 g/mol. The predicted octanol–water partition coefficient (Wildman–Crippen LogP) is 0.413. The van der Waals surface area contributed by atoms with Crippen LogP contribution in [0.3, 0.4) is 0 Å². The number of hydrogen-bond donors (Lipinski definition) is 0. The second-order valence-electron chi connectivity index (χ2n) is 4.52. The second kappa shape index (κ2) is 4.70. The van der Waals surface area contributed by atoms with Gasteiger partial charge < -0.3 is 4.90 Å². The fraction of sp³-hybridized carbons (Fsp3) is 0.308. The summed E-state index contributed by atoms with van der Waals surface area (Å²) in [6, 6.07) is 6.61. The molecular formula is C13H14N2O3. The lowest BCUT2D eigenvalue weighted by molar-refractivity contribution is -0.120. The number of carbonyl (C=O) groups excluding carboxylic acids is 3. The summed E-state index contributed by atoms with van der Waals surface area (Å²) < 4.78 is 0. The minimum atomic E-state index is -0.386. The standard InChI is InChI=1S/C13H14N2O3/c1-14(2)7-9(16)8-15-12(17)10-5-3-4-6-11(10)13(15)18/h3-6H,7-8H2,1-2H3. The van der Waals surface area contributed by atoms with Crippen molar-refractivity contribution < 1.29 is 14.4 Å². The third-order valence-corrected chi connectivity index (χ3v) is 2.71. The van der Waals surface area contributed by atoms with E-state index in [1.54, 1.807) is 43.3 Å². The number of rotatable bonds is 4. The molecule has 0 radical (unpaired) electrons. The molecule has 2 rings (SSSR count). The Balaban J connectivity index is 2.16. The van der Waals surface area contributed by atoms with Gasteiger partial charge in [0.15, 0.2) is 5.78 Å². The molecule has 0 unspecified atom stereocenters. The summed E-state index contributed by atoms with van der Waals surface area (Å²) in [6.45, 7) is 0.0535. The van der Waals surface area contributed by atoms with Crippen LogP contribution in [0.5, 0.6) is 0 Å². The fourth-order valence-corrected chi connectivity index (χ4v) is 1.96. The molecule has 0 N–H and O–H groups in total. The van der Waals surface area contributed by atoms with Crippen LogP contribution >= 0.6 is 0 Å². The van der Waals surface area contributed by atoms with Gasteiger partial charge in [-0.2, -0.15) is 0 Å². The third-order valence-electron chi connectivity index (χ3n) is 2.71. The van der Waals surface area contributed by atoms with Gasteiger partial charge in [-0.25, -0.2) is 0 Å². The molecule has 0 saturated heterocycles. The summed E-state index contributed by atoms with van der Waals surface area (Å²) in [4.78, 5) is 38.3. The van der Waals surface area contributed by atoms with Crippen LogP contribution in [-0.4, -0.2) is 54.6 Å². The fourth-order valence-electron chi connectivity index (χ4n) is 1.96. The van der Waals surface area contributed by atoms with E-state index in [1.165, 1.54) is 0 Å². The maximum absolute atomic E-state index is 12.0. The van der Waals surface area contributed by atoms with Crippen molar-refractivity contribution >= 4 is 17.6 Å². The zero-order valence-electron chi connectivity index (χ0n) is 10.3. The lowest BCUT2D eigenvalue weighted by Gasteiger charge is -2.14. The van der Waals surface area contributed by atoms with Crippen LogP contribution in [0.1, 0.15) is 20.7 Å². The number of hydrogen-bond acceptors (Lipinski definition) is 4. The van der Waals surface area contributed by atoms with Crippen LogP contribution in [-0.2, 0) is 4.79 Å². The van der Waals surface area contributed by atoms with Crippen molar-refractivity contribution in [1.29, 1.82) is 0 Å². The smallest absolute Gasteiger partial charge is 0.261 e. The predicted molar refractivity (Wildman–Crippen MR) is 65.4 cm³/mol. The highest BCUT2D eigenvalue weighted by Crippen LogP contribution is 2.21. The lowest BCUT2D eigenvalue weighted by Crippen LogP contribution is -2.38. The van der Waals surface area contributed by atoms with Crippen LogP contribution in [0.15, 0.2) is 24.3 Å². The SMILES string of the molecule is CN(C)CC(=O)CN1C(=O)c2ccccc2C1=O. The molecule has 18 heavy (non-hydrogen) atoms. The second-order valence-corrected chi connectivity index (χ2v) is 4.52. The van der Waals surface area contributed by atoms with Gasteiger partial charge >= 0.3 is 0 Å². The molecule has 1 aromatic carbocycles. The molecular weight excluding hydrogens is 232 g/mol. The molecule has 5 nitrogen and oxygen atoms in total. The summed E-state index contributed by atoms with van der Waals surface area (Å²) in [7, 11) is 3.53. The Bertz CT molecular complexity index is 488. The van der Waals surface area contributed by atoms with Gasteiger partial charge in [-0.15, -0.1) is 0 Å². The summed E-state index contributed by atoms with van der Waals surface area (Å²) in [5.41, 5.74) is 0.750. The summed E-state index contributed by atoms with van der Waals surface area (Å²) >= 11 is 0.